The molecule has 1 spiro atoms. The Morgan fingerprint density at radius 1 is 1.33 bits per heavy atom. The van der Waals surface area contributed by atoms with E-state index in [1.165, 1.54) is 4.90 Å². The van der Waals surface area contributed by atoms with Crippen LogP contribution < -0.4 is 4.74 Å². The largest absolute Gasteiger partial charge is 0.459 e. The van der Waals surface area contributed by atoms with Crippen LogP contribution in [-0.4, -0.2) is 34.6 Å². The van der Waals surface area contributed by atoms with Gasteiger partial charge in [-0.25, -0.2) is 4.79 Å². The first kappa shape index (κ1) is 13.9. The zero-order chi connectivity index (χ0) is 15.3. The average molecular weight is 289 g/mol. The molecule has 1 aromatic rings. The van der Waals surface area contributed by atoms with Crippen molar-refractivity contribution in [2.75, 3.05) is 6.54 Å². The maximum absolute atomic E-state index is 12.7. The number of carbonyl (C=O) groups is 2. The Kier molecular flexibility index (Phi) is 2.97. The lowest BCUT2D eigenvalue weighted by Crippen LogP contribution is -2.55. The Morgan fingerprint density at radius 2 is 2.05 bits per heavy atom. The number of Topliss-reactive ketones (excluding diaryl/α,β-unsaturated/α-hetero) is 1. The third-order valence-corrected chi connectivity index (χ3v) is 3.71. The Hall–Kier alpha value is -2.04. The van der Waals surface area contributed by atoms with Gasteiger partial charge in [0.1, 0.15) is 11.4 Å². The molecule has 0 aromatic heterocycles. The number of benzene rings is 1. The number of ketones is 1. The van der Waals surface area contributed by atoms with Crippen LogP contribution >= 0.6 is 0 Å². The third-order valence-electron chi connectivity index (χ3n) is 3.71. The number of amides is 1. The molecule has 5 nitrogen and oxygen atoms in total. The van der Waals surface area contributed by atoms with Crippen molar-refractivity contribution in [3.63, 3.8) is 0 Å². The SMILES string of the molecule is CC(C)(C)OC(=O)N1CCC[C@]12Oc1ccccc1C2=O. The fourth-order valence-electron chi connectivity index (χ4n) is 2.87. The Balaban J connectivity index is 1.92. The van der Waals surface area contributed by atoms with Crippen molar-refractivity contribution in [2.45, 2.75) is 44.9 Å². The minimum atomic E-state index is -1.22. The summed E-state index contributed by atoms with van der Waals surface area (Å²) in [5, 5.41) is 0. The van der Waals surface area contributed by atoms with E-state index in [-0.39, 0.29) is 5.78 Å². The van der Waals surface area contributed by atoms with Gasteiger partial charge in [0.2, 0.25) is 5.78 Å². The van der Waals surface area contributed by atoms with Gasteiger partial charge < -0.3 is 9.47 Å². The van der Waals surface area contributed by atoms with E-state index >= 15 is 0 Å². The predicted octanol–water partition coefficient (Wildman–Crippen LogP) is 2.99. The molecule has 1 aromatic carbocycles. The van der Waals surface area contributed by atoms with E-state index in [2.05, 4.69) is 0 Å². The molecule has 0 unspecified atom stereocenters. The van der Waals surface area contributed by atoms with Crippen molar-refractivity contribution in [1.82, 2.24) is 4.90 Å². The minimum Gasteiger partial charge on any atom is -0.459 e. The van der Waals surface area contributed by atoms with Gasteiger partial charge in [0.25, 0.3) is 5.72 Å². The van der Waals surface area contributed by atoms with Crippen LogP contribution in [0.2, 0.25) is 0 Å². The van der Waals surface area contributed by atoms with Crippen molar-refractivity contribution < 1.29 is 19.1 Å². The summed E-state index contributed by atoms with van der Waals surface area (Å²) in [5.41, 5.74) is -1.28. The highest BCUT2D eigenvalue weighted by Crippen LogP contribution is 2.43. The van der Waals surface area contributed by atoms with Gasteiger partial charge in [0.15, 0.2) is 0 Å². The summed E-state index contributed by atoms with van der Waals surface area (Å²) in [6.45, 7) is 5.88. The number of fused-ring (bicyclic) bond motifs is 1. The molecule has 0 N–H and O–H groups in total. The molecule has 1 fully saturated rings. The maximum Gasteiger partial charge on any atom is 0.413 e. The second kappa shape index (κ2) is 4.48. The second-order valence-corrected chi connectivity index (χ2v) is 6.45. The average Bonchev–Trinajstić information content (AvgIpc) is 2.92. The number of likely N-dealkylation sites (tertiary alicyclic amines) is 1. The highest BCUT2D eigenvalue weighted by atomic mass is 16.6. The zero-order valence-electron chi connectivity index (χ0n) is 12.5. The first-order valence-electron chi connectivity index (χ1n) is 7.17. The van der Waals surface area contributed by atoms with Gasteiger partial charge in [-0.1, -0.05) is 12.1 Å². The molecular weight excluding hydrogens is 270 g/mol. The van der Waals surface area contributed by atoms with Crippen molar-refractivity contribution in [2.24, 2.45) is 0 Å². The standard InChI is InChI=1S/C16H19NO4/c1-15(2,3)21-14(19)17-10-6-9-16(17)13(18)11-7-4-5-8-12(11)20-16/h4-5,7-8H,6,9-10H2,1-3H3/t16-/m1/s1. The van der Waals surface area contributed by atoms with E-state index in [0.717, 1.165) is 6.42 Å². The fourth-order valence-corrected chi connectivity index (χ4v) is 2.87. The molecule has 0 bridgehead atoms. The molecule has 2 aliphatic heterocycles. The maximum atomic E-state index is 12.7. The predicted molar refractivity (Wildman–Crippen MR) is 76.3 cm³/mol. The van der Waals surface area contributed by atoms with Gasteiger partial charge in [-0.2, -0.15) is 0 Å². The number of rotatable bonds is 0. The fraction of sp³-hybridized carbons (Fsp3) is 0.500. The molecule has 112 valence electrons. The summed E-state index contributed by atoms with van der Waals surface area (Å²) in [7, 11) is 0. The minimum absolute atomic E-state index is 0.151. The van der Waals surface area contributed by atoms with Crippen LogP contribution in [0.1, 0.15) is 44.0 Å². The van der Waals surface area contributed by atoms with Crippen LogP contribution in [-0.2, 0) is 4.74 Å². The third kappa shape index (κ3) is 2.17. The number of ether oxygens (including phenoxy) is 2. The van der Waals surface area contributed by atoms with Gasteiger partial charge in [-0.05, 0) is 39.3 Å². The molecule has 0 radical (unpaired) electrons. The molecule has 21 heavy (non-hydrogen) atoms. The monoisotopic (exact) mass is 289 g/mol. The first-order valence-corrected chi connectivity index (χ1v) is 7.17. The van der Waals surface area contributed by atoms with E-state index in [1.54, 1.807) is 39.0 Å². The Morgan fingerprint density at radius 3 is 2.71 bits per heavy atom. The molecule has 3 rings (SSSR count). The molecule has 1 amide bonds. The summed E-state index contributed by atoms with van der Waals surface area (Å²) < 4.78 is 11.3. The molecular formula is C16H19NO4. The van der Waals surface area contributed by atoms with Gasteiger partial charge in [-0.3, -0.25) is 9.69 Å². The molecule has 0 aliphatic carbocycles. The Labute approximate surface area is 123 Å². The summed E-state index contributed by atoms with van der Waals surface area (Å²) in [6, 6.07) is 7.11. The summed E-state index contributed by atoms with van der Waals surface area (Å²) in [4.78, 5) is 26.5. The van der Waals surface area contributed by atoms with Crippen LogP contribution in [0.25, 0.3) is 0 Å². The van der Waals surface area contributed by atoms with E-state index in [4.69, 9.17) is 9.47 Å². The summed E-state index contributed by atoms with van der Waals surface area (Å²) >= 11 is 0. The zero-order valence-corrected chi connectivity index (χ0v) is 12.5. The smallest absolute Gasteiger partial charge is 0.413 e. The number of hydrogen-bond donors (Lipinski definition) is 0. The normalized spacial score (nSPS) is 24.1. The first-order chi connectivity index (χ1) is 9.83. The van der Waals surface area contributed by atoms with E-state index in [0.29, 0.717) is 24.3 Å². The van der Waals surface area contributed by atoms with Crippen molar-refractivity contribution in [1.29, 1.82) is 0 Å². The molecule has 2 aliphatic rings. The van der Waals surface area contributed by atoms with E-state index < -0.39 is 17.4 Å². The number of para-hydroxylation sites is 1. The van der Waals surface area contributed by atoms with Crippen LogP contribution in [0.5, 0.6) is 5.75 Å². The highest BCUT2D eigenvalue weighted by Gasteiger charge is 2.57. The lowest BCUT2D eigenvalue weighted by Gasteiger charge is -2.33. The molecule has 0 saturated carbocycles. The van der Waals surface area contributed by atoms with E-state index in [9.17, 15) is 9.59 Å². The molecule has 1 saturated heterocycles. The van der Waals surface area contributed by atoms with Crippen LogP contribution in [0.3, 0.4) is 0 Å². The van der Waals surface area contributed by atoms with Crippen molar-refractivity contribution in [3.05, 3.63) is 29.8 Å². The number of nitrogens with zero attached hydrogens (tertiary/aromatic N) is 1. The van der Waals surface area contributed by atoms with Gasteiger partial charge >= 0.3 is 6.09 Å². The lowest BCUT2D eigenvalue weighted by molar-refractivity contribution is -0.0403. The van der Waals surface area contributed by atoms with Crippen molar-refractivity contribution >= 4 is 11.9 Å². The number of carbonyl (C=O) groups excluding carboxylic acids is 2. The van der Waals surface area contributed by atoms with Crippen LogP contribution in [0, 0.1) is 0 Å². The summed E-state index contributed by atoms with van der Waals surface area (Å²) in [5.74, 6) is 0.388. The van der Waals surface area contributed by atoms with Gasteiger partial charge in [0, 0.05) is 13.0 Å². The highest BCUT2D eigenvalue weighted by molar-refractivity contribution is 6.08. The summed E-state index contributed by atoms with van der Waals surface area (Å²) in [6.07, 6.45) is 0.722. The van der Waals surface area contributed by atoms with E-state index in [1.807, 2.05) is 6.07 Å². The van der Waals surface area contributed by atoms with Crippen molar-refractivity contribution in [3.8, 4) is 5.75 Å². The second-order valence-electron chi connectivity index (χ2n) is 6.45. The molecule has 5 heteroatoms. The topological polar surface area (TPSA) is 55.8 Å². The number of hydrogen-bond acceptors (Lipinski definition) is 4. The van der Waals surface area contributed by atoms with Gasteiger partial charge in [0.05, 0.1) is 5.56 Å². The quantitative estimate of drug-likeness (QED) is 0.736. The molecule has 2 heterocycles. The lowest BCUT2D eigenvalue weighted by atomic mass is 10.0. The Bertz CT molecular complexity index is 605. The van der Waals surface area contributed by atoms with Gasteiger partial charge in [-0.15, -0.1) is 0 Å². The van der Waals surface area contributed by atoms with Crippen LogP contribution in [0.15, 0.2) is 24.3 Å². The van der Waals surface area contributed by atoms with Crippen LogP contribution in [0.4, 0.5) is 4.79 Å². The molecule has 1 atom stereocenters.